The summed E-state index contributed by atoms with van der Waals surface area (Å²) in [5.74, 6) is -0.446. The Hall–Kier alpha value is -0.850. The van der Waals surface area contributed by atoms with Gasteiger partial charge in [0.05, 0.1) is 7.11 Å². The number of hydrogen-bond acceptors (Lipinski definition) is 6. The van der Waals surface area contributed by atoms with Gasteiger partial charge in [-0.25, -0.2) is 9.78 Å². The van der Waals surface area contributed by atoms with E-state index >= 15 is 0 Å². The molecule has 0 aliphatic rings. The molecule has 0 aliphatic carbocycles. The molecule has 0 aliphatic heterocycles. The molecule has 0 aromatic carbocycles. The average molecular weight is 292 g/mol. The number of aromatic nitrogens is 1. The molecular weight excluding hydrogens is 274 g/mol. The molecule has 0 unspecified atom stereocenters. The fourth-order valence-corrected chi connectivity index (χ4v) is 2.47. The highest BCUT2D eigenvalue weighted by molar-refractivity contribution is 7.18. The quantitative estimate of drug-likeness (QED) is 0.617. The van der Waals surface area contributed by atoms with Crippen molar-refractivity contribution in [2.24, 2.45) is 0 Å². The van der Waals surface area contributed by atoms with Crippen molar-refractivity contribution in [3.63, 3.8) is 0 Å². The van der Waals surface area contributed by atoms with Gasteiger partial charge in [-0.2, -0.15) is 0 Å². The summed E-state index contributed by atoms with van der Waals surface area (Å²) in [6.45, 7) is 1.88. The Kier molecular flexibility index (Phi) is 6.38. The van der Waals surface area contributed by atoms with Crippen LogP contribution in [0.25, 0.3) is 0 Å². The first-order valence-electron chi connectivity index (χ1n) is 5.68. The first-order chi connectivity index (χ1) is 8.54. The molecule has 0 saturated heterocycles. The monoisotopic (exact) mass is 291 g/mol. The number of carbonyl (C=O) groups excluding carboxylic acids is 1. The third kappa shape index (κ3) is 4.80. The van der Waals surface area contributed by atoms with Gasteiger partial charge < -0.3 is 15.0 Å². The van der Waals surface area contributed by atoms with Gasteiger partial charge >= 0.3 is 5.97 Å². The lowest BCUT2D eigenvalue weighted by atomic mass is 10.3. The zero-order chi connectivity index (χ0) is 13.5. The van der Waals surface area contributed by atoms with E-state index in [4.69, 9.17) is 11.6 Å². The standard InChI is InChI=1S/C11H18ClN3O2S/c1-15(2)7-5-4-6-13-11-14-9(12)8(18-11)10(16)17-3/h4-7H2,1-3H3,(H,13,14). The lowest BCUT2D eigenvalue weighted by Gasteiger charge is -2.08. The molecule has 0 radical (unpaired) electrons. The Bertz CT molecular complexity index is 396. The van der Waals surface area contributed by atoms with Gasteiger partial charge in [0.15, 0.2) is 15.2 Å². The highest BCUT2D eigenvalue weighted by Gasteiger charge is 2.16. The van der Waals surface area contributed by atoms with E-state index < -0.39 is 5.97 Å². The molecule has 0 spiro atoms. The maximum Gasteiger partial charge on any atom is 0.351 e. The van der Waals surface area contributed by atoms with Crippen LogP contribution in [0.4, 0.5) is 5.13 Å². The normalized spacial score (nSPS) is 10.7. The van der Waals surface area contributed by atoms with Crippen LogP contribution in [-0.2, 0) is 4.74 Å². The van der Waals surface area contributed by atoms with Crippen LogP contribution in [-0.4, -0.2) is 50.1 Å². The summed E-state index contributed by atoms with van der Waals surface area (Å²) in [5.41, 5.74) is 0. The molecule has 0 atom stereocenters. The lowest BCUT2D eigenvalue weighted by molar-refractivity contribution is 0.0606. The number of methoxy groups -OCH3 is 1. The van der Waals surface area contributed by atoms with Crippen molar-refractivity contribution in [2.75, 3.05) is 39.6 Å². The average Bonchev–Trinajstić information content (AvgIpc) is 2.69. The minimum absolute atomic E-state index is 0.197. The third-order valence-electron chi connectivity index (χ3n) is 2.26. The number of halogens is 1. The van der Waals surface area contributed by atoms with Crippen LogP contribution < -0.4 is 5.32 Å². The van der Waals surface area contributed by atoms with Crippen molar-refractivity contribution in [1.29, 1.82) is 0 Å². The number of nitrogens with one attached hydrogen (secondary N) is 1. The molecule has 7 heteroatoms. The van der Waals surface area contributed by atoms with Crippen LogP contribution in [0.2, 0.25) is 5.15 Å². The van der Waals surface area contributed by atoms with Crippen molar-refractivity contribution in [3.05, 3.63) is 10.0 Å². The number of unbranched alkanes of at least 4 members (excludes halogenated alkanes) is 1. The summed E-state index contributed by atoms with van der Waals surface area (Å²) in [4.78, 5) is 17.9. The van der Waals surface area contributed by atoms with Crippen LogP contribution >= 0.6 is 22.9 Å². The van der Waals surface area contributed by atoms with E-state index in [9.17, 15) is 4.79 Å². The Morgan fingerprint density at radius 1 is 1.50 bits per heavy atom. The predicted molar refractivity (Wildman–Crippen MR) is 74.7 cm³/mol. The van der Waals surface area contributed by atoms with Crippen molar-refractivity contribution < 1.29 is 9.53 Å². The number of hydrogen-bond donors (Lipinski definition) is 1. The molecular formula is C11H18ClN3O2S. The topological polar surface area (TPSA) is 54.5 Å². The van der Waals surface area contributed by atoms with E-state index in [-0.39, 0.29) is 5.15 Å². The fraction of sp³-hybridized carbons (Fsp3) is 0.636. The van der Waals surface area contributed by atoms with Crippen molar-refractivity contribution >= 4 is 34.0 Å². The summed E-state index contributed by atoms with van der Waals surface area (Å²) >= 11 is 7.07. The van der Waals surface area contributed by atoms with Gasteiger partial charge in [-0.1, -0.05) is 22.9 Å². The van der Waals surface area contributed by atoms with Gasteiger partial charge in [0.25, 0.3) is 0 Å². The van der Waals surface area contributed by atoms with Gasteiger partial charge in [0, 0.05) is 6.54 Å². The molecule has 1 rings (SSSR count). The third-order valence-corrected chi connectivity index (χ3v) is 3.64. The zero-order valence-corrected chi connectivity index (χ0v) is 12.4. The SMILES string of the molecule is COC(=O)c1sc(NCCCCN(C)C)nc1Cl. The first-order valence-corrected chi connectivity index (χ1v) is 6.87. The second kappa shape index (κ2) is 7.56. The van der Waals surface area contributed by atoms with Crippen molar-refractivity contribution in [1.82, 2.24) is 9.88 Å². The maximum atomic E-state index is 11.3. The number of thiazole rings is 1. The number of esters is 1. The highest BCUT2D eigenvalue weighted by atomic mass is 35.5. The van der Waals surface area contributed by atoms with E-state index in [1.54, 1.807) is 0 Å². The minimum atomic E-state index is -0.446. The molecule has 0 fully saturated rings. The van der Waals surface area contributed by atoms with Crippen molar-refractivity contribution in [3.8, 4) is 0 Å². The van der Waals surface area contributed by atoms with Crippen LogP contribution in [0.15, 0.2) is 0 Å². The largest absolute Gasteiger partial charge is 0.465 e. The molecule has 1 heterocycles. The predicted octanol–water partition coefficient (Wildman–Crippen LogP) is 2.34. The molecule has 1 N–H and O–H groups in total. The van der Waals surface area contributed by atoms with E-state index in [2.05, 4.69) is 34.0 Å². The molecule has 0 saturated carbocycles. The van der Waals surface area contributed by atoms with Gasteiger partial charge in [-0.15, -0.1) is 0 Å². The van der Waals surface area contributed by atoms with Gasteiger partial charge in [0.1, 0.15) is 0 Å². The number of anilines is 1. The summed E-state index contributed by atoms with van der Waals surface area (Å²) in [6.07, 6.45) is 2.16. The minimum Gasteiger partial charge on any atom is -0.465 e. The van der Waals surface area contributed by atoms with E-state index in [0.29, 0.717) is 10.0 Å². The molecule has 0 amide bonds. The lowest BCUT2D eigenvalue weighted by Crippen LogP contribution is -2.14. The molecule has 5 nitrogen and oxygen atoms in total. The number of rotatable bonds is 7. The Morgan fingerprint density at radius 3 is 2.83 bits per heavy atom. The Morgan fingerprint density at radius 2 is 2.22 bits per heavy atom. The summed E-state index contributed by atoms with van der Waals surface area (Å²) < 4.78 is 4.61. The smallest absolute Gasteiger partial charge is 0.351 e. The number of nitrogens with zero attached hydrogens (tertiary/aromatic N) is 2. The maximum absolute atomic E-state index is 11.3. The van der Waals surface area contributed by atoms with Crippen molar-refractivity contribution in [2.45, 2.75) is 12.8 Å². The van der Waals surface area contributed by atoms with Crippen LogP contribution in [0.1, 0.15) is 22.5 Å². The molecule has 1 aromatic rings. The molecule has 102 valence electrons. The second-order valence-corrected chi connectivity index (χ2v) is 5.42. The molecule has 18 heavy (non-hydrogen) atoms. The molecule has 0 bridgehead atoms. The summed E-state index contributed by atoms with van der Waals surface area (Å²) in [5, 5.41) is 4.01. The fourth-order valence-electron chi connectivity index (χ4n) is 1.34. The van der Waals surface area contributed by atoms with E-state index in [0.717, 1.165) is 25.9 Å². The van der Waals surface area contributed by atoms with Gasteiger partial charge in [-0.3, -0.25) is 0 Å². The van der Waals surface area contributed by atoms with Gasteiger partial charge in [0.2, 0.25) is 0 Å². The zero-order valence-electron chi connectivity index (χ0n) is 10.8. The van der Waals surface area contributed by atoms with Crippen LogP contribution in [0, 0.1) is 0 Å². The highest BCUT2D eigenvalue weighted by Crippen LogP contribution is 2.27. The molecule has 1 aromatic heterocycles. The Labute approximate surface area is 116 Å². The first kappa shape index (κ1) is 15.2. The number of carbonyl (C=O) groups is 1. The number of ether oxygens (including phenoxy) is 1. The van der Waals surface area contributed by atoms with E-state index in [1.165, 1.54) is 18.4 Å². The Balaban J connectivity index is 2.37. The van der Waals surface area contributed by atoms with Crippen LogP contribution in [0.5, 0.6) is 0 Å². The summed E-state index contributed by atoms with van der Waals surface area (Å²) in [6, 6.07) is 0. The summed E-state index contributed by atoms with van der Waals surface area (Å²) in [7, 11) is 5.43. The second-order valence-electron chi connectivity index (χ2n) is 4.07. The van der Waals surface area contributed by atoms with Gasteiger partial charge in [-0.05, 0) is 33.5 Å². The van der Waals surface area contributed by atoms with E-state index in [1.807, 2.05) is 0 Å². The van der Waals surface area contributed by atoms with Crippen LogP contribution in [0.3, 0.4) is 0 Å².